The maximum absolute atomic E-state index is 5.08. The van der Waals surface area contributed by atoms with Crippen molar-refractivity contribution < 1.29 is 0 Å². The van der Waals surface area contributed by atoms with Gasteiger partial charge in [-0.3, -0.25) is 4.99 Å². The van der Waals surface area contributed by atoms with Crippen LogP contribution in [0.4, 0.5) is 5.69 Å². The summed E-state index contributed by atoms with van der Waals surface area (Å²) < 4.78 is 0. The first-order chi connectivity index (χ1) is 11.0. The van der Waals surface area contributed by atoms with Gasteiger partial charge < -0.3 is 0 Å². The summed E-state index contributed by atoms with van der Waals surface area (Å²) in [5, 5.41) is 0. The smallest absolute Gasteiger partial charge is 0.0666 e. The molecule has 0 amide bonds. The Bertz CT molecular complexity index is 576. The van der Waals surface area contributed by atoms with Crippen molar-refractivity contribution in [3.05, 3.63) is 29.3 Å². The first kappa shape index (κ1) is 17.1. The molecule has 1 aromatic rings. The van der Waals surface area contributed by atoms with Crippen LogP contribution in [0.3, 0.4) is 0 Å². The van der Waals surface area contributed by atoms with Crippen LogP contribution in [0.25, 0.3) is 0 Å². The molecule has 1 aromatic carbocycles. The van der Waals surface area contributed by atoms with Gasteiger partial charge in [0.1, 0.15) is 0 Å². The molecule has 1 unspecified atom stereocenters. The molecule has 23 heavy (non-hydrogen) atoms. The van der Waals surface area contributed by atoms with E-state index in [1.54, 1.807) is 0 Å². The lowest BCUT2D eigenvalue weighted by molar-refractivity contribution is 0.405. The van der Waals surface area contributed by atoms with Crippen molar-refractivity contribution in [3.8, 4) is 0 Å². The second-order valence-corrected chi connectivity index (χ2v) is 9.47. The van der Waals surface area contributed by atoms with E-state index in [1.165, 1.54) is 53.3 Å². The van der Waals surface area contributed by atoms with Crippen LogP contribution in [0.2, 0.25) is 0 Å². The molecule has 1 atom stereocenters. The minimum Gasteiger partial charge on any atom is -0.257 e. The lowest BCUT2D eigenvalue weighted by atomic mass is 9.75. The molecule has 0 radical (unpaired) electrons. The summed E-state index contributed by atoms with van der Waals surface area (Å²) in [5.41, 5.74) is 5.76. The SMILES string of the molecule is CCc1ccc2c(c1)N=C(C(C)(C)C)CC2CC1CCSCC1. The Kier molecular flexibility index (Phi) is 5.20. The summed E-state index contributed by atoms with van der Waals surface area (Å²) in [4.78, 5) is 5.08. The molecule has 1 fully saturated rings. The lowest BCUT2D eigenvalue weighted by Crippen LogP contribution is -2.26. The van der Waals surface area contributed by atoms with Gasteiger partial charge in [-0.25, -0.2) is 0 Å². The average Bonchev–Trinajstić information content (AvgIpc) is 2.54. The molecule has 2 heterocycles. The van der Waals surface area contributed by atoms with Crippen LogP contribution in [0.15, 0.2) is 23.2 Å². The third kappa shape index (κ3) is 4.02. The number of aryl methyl sites for hydroxylation is 1. The highest BCUT2D eigenvalue weighted by atomic mass is 32.2. The minimum atomic E-state index is 0.181. The Morgan fingerprint density at radius 1 is 1.17 bits per heavy atom. The van der Waals surface area contributed by atoms with Gasteiger partial charge in [0.25, 0.3) is 0 Å². The zero-order valence-corrected chi connectivity index (χ0v) is 16.0. The summed E-state index contributed by atoms with van der Waals surface area (Å²) in [6, 6.07) is 7.03. The number of fused-ring (bicyclic) bond motifs is 1. The van der Waals surface area contributed by atoms with Crippen molar-refractivity contribution in [3.63, 3.8) is 0 Å². The molecule has 0 saturated carbocycles. The summed E-state index contributed by atoms with van der Waals surface area (Å²) in [5.74, 6) is 4.31. The monoisotopic (exact) mass is 329 g/mol. The van der Waals surface area contributed by atoms with E-state index in [2.05, 4.69) is 57.7 Å². The molecule has 2 aliphatic heterocycles. The minimum absolute atomic E-state index is 0.181. The van der Waals surface area contributed by atoms with Gasteiger partial charge in [-0.2, -0.15) is 11.8 Å². The molecular formula is C21H31NS. The van der Waals surface area contributed by atoms with Gasteiger partial charge in [-0.1, -0.05) is 39.8 Å². The van der Waals surface area contributed by atoms with Gasteiger partial charge in [0, 0.05) is 11.1 Å². The number of thioether (sulfide) groups is 1. The summed E-state index contributed by atoms with van der Waals surface area (Å²) in [6.07, 6.45) is 6.43. The second-order valence-electron chi connectivity index (χ2n) is 8.25. The van der Waals surface area contributed by atoms with Crippen molar-refractivity contribution >= 4 is 23.2 Å². The zero-order valence-electron chi connectivity index (χ0n) is 15.2. The van der Waals surface area contributed by atoms with Gasteiger partial charge in [-0.15, -0.1) is 0 Å². The number of rotatable bonds is 3. The number of aliphatic imine (C=N–C) groups is 1. The third-order valence-electron chi connectivity index (χ3n) is 5.46. The quantitative estimate of drug-likeness (QED) is 0.626. The van der Waals surface area contributed by atoms with E-state index in [4.69, 9.17) is 4.99 Å². The third-order valence-corrected chi connectivity index (χ3v) is 6.51. The van der Waals surface area contributed by atoms with E-state index in [0.29, 0.717) is 5.92 Å². The fourth-order valence-corrected chi connectivity index (χ4v) is 5.06. The Labute approximate surface area is 146 Å². The van der Waals surface area contributed by atoms with Gasteiger partial charge in [-0.05, 0) is 72.6 Å². The van der Waals surface area contributed by atoms with Crippen molar-refractivity contribution in [2.75, 3.05) is 11.5 Å². The van der Waals surface area contributed by atoms with Gasteiger partial charge in [0.15, 0.2) is 0 Å². The topological polar surface area (TPSA) is 12.4 Å². The fourth-order valence-electron chi connectivity index (χ4n) is 3.85. The molecule has 2 heteroatoms. The number of benzene rings is 1. The highest BCUT2D eigenvalue weighted by molar-refractivity contribution is 7.99. The second kappa shape index (κ2) is 7.01. The summed E-state index contributed by atoms with van der Waals surface area (Å²) in [7, 11) is 0. The Morgan fingerprint density at radius 2 is 1.91 bits per heavy atom. The van der Waals surface area contributed by atoms with Crippen LogP contribution in [-0.4, -0.2) is 17.2 Å². The Balaban J connectivity index is 1.90. The summed E-state index contributed by atoms with van der Waals surface area (Å²) >= 11 is 2.13. The van der Waals surface area contributed by atoms with Crippen LogP contribution in [0.5, 0.6) is 0 Å². The molecule has 1 nitrogen and oxygen atoms in total. The van der Waals surface area contributed by atoms with Crippen molar-refractivity contribution in [2.45, 2.75) is 65.7 Å². The van der Waals surface area contributed by atoms with E-state index in [1.807, 2.05) is 0 Å². The molecule has 0 aliphatic carbocycles. The van der Waals surface area contributed by atoms with Crippen LogP contribution in [0.1, 0.15) is 70.4 Å². The number of hydrogen-bond acceptors (Lipinski definition) is 2. The molecular weight excluding hydrogens is 298 g/mol. The highest BCUT2D eigenvalue weighted by Gasteiger charge is 2.31. The maximum atomic E-state index is 5.08. The van der Waals surface area contributed by atoms with Crippen LogP contribution >= 0.6 is 11.8 Å². The Hall–Kier alpha value is -0.760. The van der Waals surface area contributed by atoms with Gasteiger partial charge in [0.05, 0.1) is 5.69 Å². The molecule has 2 aliphatic rings. The van der Waals surface area contributed by atoms with E-state index >= 15 is 0 Å². The largest absolute Gasteiger partial charge is 0.257 e. The first-order valence-electron chi connectivity index (χ1n) is 9.26. The average molecular weight is 330 g/mol. The fraction of sp³-hybridized carbons (Fsp3) is 0.667. The summed E-state index contributed by atoms with van der Waals surface area (Å²) in [6.45, 7) is 9.18. The Morgan fingerprint density at radius 3 is 2.57 bits per heavy atom. The molecule has 0 bridgehead atoms. The van der Waals surface area contributed by atoms with Crippen LogP contribution < -0.4 is 0 Å². The van der Waals surface area contributed by atoms with Crippen molar-refractivity contribution in [1.29, 1.82) is 0 Å². The van der Waals surface area contributed by atoms with Crippen molar-refractivity contribution in [1.82, 2.24) is 0 Å². The normalized spacial score (nSPS) is 22.6. The molecule has 0 spiro atoms. The zero-order chi connectivity index (χ0) is 16.4. The van der Waals surface area contributed by atoms with E-state index in [0.717, 1.165) is 18.8 Å². The van der Waals surface area contributed by atoms with Crippen LogP contribution in [-0.2, 0) is 6.42 Å². The maximum Gasteiger partial charge on any atom is 0.0666 e. The number of nitrogens with zero attached hydrogens (tertiary/aromatic N) is 1. The molecule has 126 valence electrons. The van der Waals surface area contributed by atoms with E-state index in [9.17, 15) is 0 Å². The van der Waals surface area contributed by atoms with Crippen LogP contribution in [0, 0.1) is 11.3 Å². The molecule has 1 saturated heterocycles. The number of hydrogen-bond donors (Lipinski definition) is 0. The standard InChI is InChI=1S/C21H31NS/c1-5-15-6-7-18-17(12-16-8-10-23-11-9-16)14-20(21(2,3)4)22-19(18)13-15/h6-7,13,16-17H,5,8-12,14H2,1-4H3. The van der Waals surface area contributed by atoms with E-state index < -0.39 is 0 Å². The van der Waals surface area contributed by atoms with Gasteiger partial charge in [0.2, 0.25) is 0 Å². The molecule has 3 rings (SSSR count). The molecule has 0 aromatic heterocycles. The predicted octanol–water partition coefficient (Wildman–Crippen LogP) is 6.39. The highest BCUT2D eigenvalue weighted by Crippen LogP contribution is 2.43. The van der Waals surface area contributed by atoms with Crippen molar-refractivity contribution in [2.24, 2.45) is 16.3 Å². The van der Waals surface area contributed by atoms with E-state index in [-0.39, 0.29) is 5.41 Å². The van der Waals surface area contributed by atoms with Gasteiger partial charge >= 0.3 is 0 Å². The lowest BCUT2D eigenvalue weighted by Gasteiger charge is -2.34. The first-order valence-corrected chi connectivity index (χ1v) is 10.4. The predicted molar refractivity (Wildman–Crippen MR) is 104 cm³/mol. The molecule has 0 N–H and O–H groups in total.